The van der Waals surface area contributed by atoms with Crippen molar-refractivity contribution < 1.29 is 9.90 Å². The second-order valence-electron chi connectivity index (χ2n) is 4.05. The number of hydrogen-bond donors (Lipinski definition) is 2. The molecule has 4 nitrogen and oxygen atoms in total. The summed E-state index contributed by atoms with van der Waals surface area (Å²) in [5, 5.41) is 13.2. The Kier molecular flexibility index (Phi) is 3.93. The normalized spacial score (nSPS) is 11.1. The van der Waals surface area contributed by atoms with Crippen LogP contribution in [0.3, 0.4) is 0 Å². The Bertz CT molecular complexity index is 589. The summed E-state index contributed by atoms with van der Waals surface area (Å²) in [6.07, 6.45) is 0. The van der Waals surface area contributed by atoms with Gasteiger partial charge in [-0.2, -0.15) is 5.10 Å². The number of hydrogen-bond acceptors (Lipinski definition) is 3. The van der Waals surface area contributed by atoms with Gasteiger partial charge < -0.3 is 5.11 Å². The van der Waals surface area contributed by atoms with Crippen molar-refractivity contribution in [3.8, 4) is 5.75 Å². The van der Waals surface area contributed by atoms with Crippen LogP contribution in [-0.4, -0.2) is 16.7 Å². The van der Waals surface area contributed by atoms with Gasteiger partial charge in [-0.1, -0.05) is 30.3 Å². The Labute approximate surface area is 111 Å². The van der Waals surface area contributed by atoms with Crippen LogP contribution in [0.15, 0.2) is 59.7 Å². The van der Waals surface area contributed by atoms with Crippen LogP contribution in [0, 0.1) is 0 Å². The molecule has 1 amide bonds. The predicted molar refractivity (Wildman–Crippen MR) is 74.2 cm³/mol. The van der Waals surface area contributed by atoms with Crippen LogP contribution in [0.1, 0.15) is 22.8 Å². The molecule has 96 valence electrons. The second kappa shape index (κ2) is 5.82. The number of rotatable bonds is 3. The number of nitrogens with zero attached hydrogens (tertiary/aromatic N) is 1. The minimum absolute atomic E-state index is 0.125. The number of benzene rings is 2. The van der Waals surface area contributed by atoms with Gasteiger partial charge in [-0.25, -0.2) is 5.43 Å². The molecule has 0 unspecified atom stereocenters. The van der Waals surface area contributed by atoms with E-state index in [0.29, 0.717) is 5.56 Å². The van der Waals surface area contributed by atoms with E-state index in [2.05, 4.69) is 10.5 Å². The maximum atomic E-state index is 11.8. The molecule has 4 heteroatoms. The first-order valence-corrected chi connectivity index (χ1v) is 5.86. The Balaban J connectivity index is 2.06. The standard InChI is InChI=1S/C15H14N2O2/c1-11(12-5-3-2-4-6-12)16-17-15(19)13-7-9-14(18)10-8-13/h2-10,18H,1H3,(H,17,19)/b16-11-. The third-order valence-electron chi connectivity index (χ3n) is 2.65. The Hall–Kier alpha value is -2.62. The number of phenols is 1. The summed E-state index contributed by atoms with van der Waals surface area (Å²) < 4.78 is 0. The monoisotopic (exact) mass is 254 g/mol. The number of nitrogens with one attached hydrogen (secondary N) is 1. The summed E-state index contributed by atoms with van der Waals surface area (Å²) in [5.41, 5.74) is 4.61. The van der Waals surface area contributed by atoms with Crippen molar-refractivity contribution in [2.75, 3.05) is 0 Å². The minimum Gasteiger partial charge on any atom is -0.508 e. The number of aromatic hydroxyl groups is 1. The molecule has 0 aliphatic carbocycles. The summed E-state index contributed by atoms with van der Waals surface area (Å²) >= 11 is 0. The summed E-state index contributed by atoms with van der Waals surface area (Å²) in [4.78, 5) is 11.8. The molecule has 0 heterocycles. The van der Waals surface area contributed by atoms with Crippen LogP contribution >= 0.6 is 0 Å². The molecule has 0 radical (unpaired) electrons. The SMILES string of the molecule is C/C(=N/NC(=O)c1ccc(O)cc1)c1ccccc1. The largest absolute Gasteiger partial charge is 0.508 e. The Morgan fingerprint density at radius 1 is 1.00 bits per heavy atom. The van der Waals surface area contributed by atoms with Crippen molar-refractivity contribution in [2.24, 2.45) is 5.10 Å². The predicted octanol–water partition coefficient (Wildman–Crippen LogP) is 2.55. The molecular formula is C15H14N2O2. The lowest BCUT2D eigenvalue weighted by Gasteiger charge is -2.03. The van der Waals surface area contributed by atoms with Crippen LogP contribution in [0.2, 0.25) is 0 Å². The highest BCUT2D eigenvalue weighted by Gasteiger charge is 2.04. The molecule has 0 fully saturated rings. The molecule has 19 heavy (non-hydrogen) atoms. The van der Waals surface area contributed by atoms with E-state index in [9.17, 15) is 4.79 Å². The van der Waals surface area contributed by atoms with Gasteiger partial charge in [-0.15, -0.1) is 0 Å². The highest BCUT2D eigenvalue weighted by Crippen LogP contribution is 2.09. The molecule has 0 spiro atoms. The molecule has 0 aliphatic rings. The summed E-state index contributed by atoms with van der Waals surface area (Å²) in [7, 11) is 0. The summed E-state index contributed by atoms with van der Waals surface area (Å²) in [6.45, 7) is 1.83. The average molecular weight is 254 g/mol. The maximum absolute atomic E-state index is 11.8. The Morgan fingerprint density at radius 3 is 2.26 bits per heavy atom. The van der Waals surface area contributed by atoms with Gasteiger partial charge in [0.25, 0.3) is 5.91 Å². The van der Waals surface area contributed by atoms with Gasteiger partial charge in [0.1, 0.15) is 5.75 Å². The fourth-order valence-corrected chi connectivity index (χ4v) is 1.56. The van der Waals surface area contributed by atoms with E-state index in [1.807, 2.05) is 37.3 Å². The smallest absolute Gasteiger partial charge is 0.271 e. The highest BCUT2D eigenvalue weighted by atomic mass is 16.3. The zero-order valence-corrected chi connectivity index (χ0v) is 10.5. The fraction of sp³-hybridized carbons (Fsp3) is 0.0667. The van der Waals surface area contributed by atoms with E-state index < -0.39 is 0 Å². The molecule has 0 aliphatic heterocycles. The van der Waals surface area contributed by atoms with Crippen LogP contribution in [0.4, 0.5) is 0 Å². The van der Waals surface area contributed by atoms with E-state index in [1.165, 1.54) is 24.3 Å². The molecule has 2 N–H and O–H groups in total. The van der Waals surface area contributed by atoms with Crippen molar-refractivity contribution in [3.05, 3.63) is 65.7 Å². The lowest BCUT2D eigenvalue weighted by Crippen LogP contribution is -2.19. The van der Waals surface area contributed by atoms with Crippen LogP contribution in [-0.2, 0) is 0 Å². The average Bonchev–Trinajstić information content (AvgIpc) is 2.46. The first kappa shape index (κ1) is 12.8. The molecule has 2 aromatic rings. The molecule has 2 rings (SSSR count). The fourth-order valence-electron chi connectivity index (χ4n) is 1.56. The van der Waals surface area contributed by atoms with Gasteiger partial charge in [0.2, 0.25) is 0 Å². The van der Waals surface area contributed by atoms with Crippen LogP contribution in [0.5, 0.6) is 5.75 Å². The molecule has 0 saturated heterocycles. The first-order chi connectivity index (χ1) is 9.16. The van der Waals surface area contributed by atoms with Crippen molar-refractivity contribution in [2.45, 2.75) is 6.92 Å². The van der Waals surface area contributed by atoms with Gasteiger partial charge in [-0.05, 0) is 36.8 Å². The van der Waals surface area contributed by atoms with Gasteiger partial charge >= 0.3 is 0 Å². The lowest BCUT2D eigenvalue weighted by atomic mass is 10.1. The van der Waals surface area contributed by atoms with Gasteiger partial charge in [0, 0.05) is 5.56 Å². The molecule has 0 aromatic heterocycles. The number of hydrazone groups is 1. The van der Waals surface area contributed by atoms with E-state index in [4.69, 9.17) is 5.11 Å². The second-order valence-corrected chi connectivity index (χ2v) is 4.05. The summed E-state index contributed by atoms with van der Waals surface area (Å²) in [5.74, 6) is -0.184. The highest BCUT2D eigenvalue weighted by molar-refractivity contribution is 6.00. The quantitative estimate of drug-likeness (QED) is 0.653. The van der Waals surface area contributed by atoms with Crippen molar-refractivity contribution in [3.63, 3.8) is 0 Å². The van der Waals surface area contributed by atoms with Crippen molar-refractivity contribution >= 4 is 11.6 Å². The molecule has 2 aromatic carbocycles. The molecule has 0 saturated carbocycles. The topological polar surface area (TPSA) is 61.7 Å². The summed E-state index contributed by atoms with van der Waals surface area (Å²) in [6, 6.07) is 15.6. The molecular weight excluding hydrogens is 240 g/mol. The van der Waals surface area contributed by atoms with E-state index in [1.54, 1.807) is 0 Å². The van der Waals surface area contributed by atoms with Gasteiger partial charge in [0.15, 0.2) is 0 Å². The third kappa shape index (κ3) is 3.42. The van der Waals surface area contributed by atoms with E-state index >= 15 is 0 Å². The van der Waals surface area contributed by atoms with Crippen molar-refractivity contribution in [1.82, 2.24) is 5.43 Å². The molecule has 0 atom stereocenters. The number of amides is 1. The first-order valence-electron chi connectivity index (χ1n) is 5.86. The number of phenolic OH excluding ortho intramolecular Hbond substituents is 1. The number of carbonyl (C=O) groups excluding carboxylic acids is 1. The lowest BCUT2D eigenvalue weighted by molar-refractivity contribution is 0.0955. The third-order valence-corrected chi connectivity index (χ3v) is 2.65. The minimum atomic E-state index is -0.310. The number of carbonyl (C=O) groups is 1. The zero-order chi connectivity index (χ0) is 13.7. The maximum Gasteiger partial charge on any atom is 0.271 e. The zero-order valence-electron chi connectivity index (χ0n) is 10.5. The van der Waals surface area contributed by atoms with Gasteiger partial charge in [0.05, 0.1) is 5.71 Å². The molecule has 0 bridgehead atoms. The van der Waals surface area contributed by atoms with E-state index in [0.717, 1.165) is 11.3 Å². The van der Waals surface area contributed by atoms with Crippen LogP contribution < -0.4 is 5.43 Å². The van der Waals surface area contributed by atoms with Crippen molar-refractivity contribution in [1.29, 1.82) is 0 Å². The van der Waals surface area contributed by atoms with Gasteiger partial charge in [-0.3, -0.25) is 4.79 Å². The van der Waals surface area contributed by atoms with Crippen LogP contribution in [0.25, 0.3) is 0 Å². The van der Waals surface area contributed by atoms with E-state index in [-0.39, 0.29) is 11.7 Å². The Morgan fingerprint density at radius 2 is 1.63 bits per heavy atom.